The second-order valence-corrected chi connectivity index (χ2v) is 6.63. The number of rotatable bonds is 6. The van der Waals surface area contributed by atoms with E-state index in [2.05, 4.69) is 20.2 Å². The van der Waals surface area contributed by atoms with Crippen molar-refractivity contribution in [3.05, 3.63) is 53.3 Å². The number of quaternary nitrogens is 1. The Hall–Kier alpha value is -2.18. The minimum absolute atomic E-state index is 0.105. The summed E-state index contributed by atoms with van der Waals surface area (Å²) in [5.74, 6) is 0.877. The maximum Gasteiger partial charge on any atom is 0.275 e. The Labute approximate surface area is 152 Å². The number of halogens is 1. The van der Waals surface area contributed by atoms with E-state index in [1.807, 2.05) is 30.3 Å². The highest BCUT2D eigenvalue weighted by atomic mass is 35.5. The van der Waals surface area contributed by atoms with Gasteiger partial charge in [0.2, 0.25) is 5.95 Å². The third kappa shape index (κ3) is 5.41. The maximum absolute atomic E-state index is 12.1. The second kappa shape index (κ2) is 8.78. The zero-order valence-electron chi connectivity index (χ0n) is 14.1. The fraction of sp³-hybridized carbons (Fsp3) is 0.389. The molecule has 132 valence electrons. The first-order valence-corrected chi connectivity index (χ1v) is 8.95. The number of nitrogens with zero attached hydrogens (tertiary/aromatic N) is 3. The van der Waals surface area contributed by atoms with Crippen LogP contribution in [0.4, 0.5) is 5.95 Å². The van der Waals surface area contributed by atoms with Gasteiger partial charge in [0.1, 0.15) is 0 Å². The summed E-state index contributed by atoms with van der Waals surface area (Å²) in [5, 5.41) is 3.74. The highest BCUT2D eigenvalue weighted by Crippen LogP contribution is 2.09. The van der Waals surface area contributed by atoms with Crippen molar-refractivity contribution in [2.75, 3.05) is 44.2 Å². The van der Waals surface area contributed by atoms with Gasteiger partial charge < -0.3 is 15.1 Å². The van der Waals surface area contributed by atoms with Gasteiger partial charge in [0.25, 0.3) is 5.91 Å². The number of carbonyl (C=O) groups is 1. The number of carbonyl (C=O) groups excluding carboxylic acids is 1. The first-order chi connectivity index (χ1) is 12.2. The van der Waals surface area contributed by atoms with Crippen LogP contribution in [0.25, 0.3) is 0 Å². The van der Waals surface area contributed by atoms with Crippen molar-refractivity contribution in [2.24, 2.45) is 0 Å². The van der Waals surface area contributed by atoms with Crippen molar-refractivity contribution in [3.63, 3.8) is 0 Å². The van der Waals surface area contributed by atoms with Crippen LogP contribution in [0.2, 0.25) is 5.02 Å². The largest absolute Gasteiger partial charge is 0.351 e. The average molecular weight is 361 g/mol. The number of anilines is 1. The third-order valence-corrected chi connectivity index (χ3v) is 4.62. The predicted octanol–water partition coefficient (Wildman–Crippen LogP) is 0.194. The fourth-order valence-electron chi connectivity index (χ4n) is 2.94. The highest BCUT2D eigenvalue weighted by Gasteiger charge is 2.23. The molecule has 1 amide bonds. The van der Waals surface area contributed by atoms with Gasteiger partial charge >= 0.3 is 0 Å². The topological polar surface area (TPSA) is 62.6 Å². The molecule has 0 saturated carbocycles. The molecule has 0 atom stereocenters. The summed E-state index contributed by atoms with van der Waals surface area (Å²) < 4.78 is 0. The van der Waals surface area contributed by atoms with E-state index in [-0.39, 0.29) is 5.91 Å². The molecule has 0 unspecified atom stereocenters. The van der Waals surface area contributed by atoms with Crippen LogP contribution in [0.3, 0.4) is 0 Å². The van der Waals surface area contributed by atoms with Gasteiger partial charge in [-0.3, -0.25) is 4.79 Å². The van der Waals surface area contributed by atoms with Gasteiger partial charge in [-0.25, -0.2) is 9.97 Å². The van der Waals surface area contributed by atoms with Crippen molar-refractivity contribution in [2.45, 2.75) is 6.42 Å². The number of aromatic nitrogens is 2. The molecule has 2 N–H and O–H groups in total. The molecular weight excluding hydrogens is 338 g/mol. The molecule has 0 radical (unpaired) electrons. The van der Waals surface area contributed by atoms with Crippen molar-refractivity contribution in [1.82, 2.24) is 15.3 Å². The van der Waals surface area contributed by atoms with E-state index in [1.165, 1.54) is 10.5 Å². The number of benzene rings is 1. The molecule has 1 aromatic carbocycles. The summed E-state index contributed by atoms with van der Waals surface area (Å²) in [7, 11) is 0. The molecule has 0 aliphatic carbocycles. The number of hydrogen-bond acceptors (Lipinski definition) is 4. The fourth-order valence-corrected chi connectivity index (χ4v) is 3.07. The van der Waals surface area contributed by atoms with Crippen molar-refractivity contribution in [1.29, 1.82) is 0 Å². The van der Waals surface area contributed by atoms with E-state index in [0.717, 1.165) is 43.6 Å². The first-order valence-electron chi connectivity index (χ1n) is 8.57. The number of amides is 1. The summed E-state index contributed by atoms with van der Waals surface area (Å²) in [6.07, 6.45) is 4.34. The van der Waals surface area contributed by atoms with E-state index in [0.29, 0.717) is 13.1 Å². The molecule has 25 heavy (non-hydrogen) atoms. The van der Waals surface area contributed by atoms with E-state index in [4.69, 9.17) is 11.6 Å². The maximum atomic E-state index is 12.1. The minimum atomic E-state index is 0.105. The smallest absolute Gasteiger partial charge is 0.275 e. The predicted molar refractivity (Wildman–Crippen MR) is 98.0 cm³/mol. The lowest BCUT2D eigenvalue weighted by Crippen LogP contribution is -3.16. The first kappa shape index (κ1) is 17.6. The van der Waals surface area contributed by atoms with Gasteiger partial charge in [-0.2, -0.15) is 0 Å². The van der Waals surface area contributed by atoms with Crippen LogP contribution in [-0.2, 0) is 11.2 Å². The van der Waals surface area contributed by atoms with Gasteiger partial charge in [-0.15, -0.1) is 0 Å². The Morgan fingerprint density at radius 2 is 1.84 bits per heavy atom. The number of piperazine rings is 1. The van der Waals surface area contributed by atoms with Gasteiger partial charge in [0.05, 0.1) is 26.2 Å². The molecule has 6 nitrogen and oxygen atoms in total. The van der Waals surface area contributed by atoms with Crippen LogP contribution >= 0.6 is 11.6 Å². The molecule has 1 aromatic heterocycles. The van der Waals surface area contributed by atoms with Crippen LogP contribution < -0.4 is 15.1 Å². The lowest BCUT2D eigenvalue weighted by molar-refractivity contribution is -0.892. The van der Waals surface area contributed by atoms with Crippen LogP contribution in [0, 0.1) is 0 Å². The second-order valence-electron chi connectivity index (χ2n) is 6.19. The molecule has 2 heterocycles. The average Bonchev–Trinajstić information content (AvgIpc) is 2.65. The SMILES string of the molecule is O=C(C[NH+]1CCN(c2ncccn2)CC1)NCCc1ccc(Cl)cc1. The van der Waals surface area contributed by atoms with Gasteiger partial charge in [0.15, 0.2) is 6.54 Å². The van der Waals surface area contributed by atoms with Gasteiger partial charge in [-0.05, 0) is 30.2 Å². The summed E-state index contributed by atoms with van der Waals surface area (Å²) >= 11 is 5.87. The molecule has 0 spiro atoms. The molecule has 1 saturated heterocycles. The number of hydrogen-bond donors (Lipinski definition) is 2. The Morgan fingerprint density at radius 3 is 2.52 bits per heavy atom. The normalized spacial score (nSPS) is 15.2. The lowest BCUT2D eigenvalue weighted by atomic mass is 10.1. The van der Waals surface area contributed by atoms with Crippen LogP contribution in [0.15, 0.2) is 42.7 Å². The standard InChI is InChI=1S/C18H22ClN5O/c19-16-4-2-15(3-5-16)6-9-20-17(25)14-23-10-12-24(13-11-23)18-21-7-1-8-22-18/h1-5,7-8H,6,9-14H2,(H,20,25)/p+1. The molecule has 1 aliphatic heterocycles. The molecule has 7 heteroatoms. The van der Waals surface area contributed by atoms with Crippen molar-refractivity contribution < 1.29 is 9.69 Å². The summed E-state index contributed by atoms with van der Waals surface area (Å²) in [6.45, 7) is 4.75. The lowest BCUT2D eigenvalue weighted by Gasteiger charge is -2.31. The van der Waals surface area contributed by atoms with Gasteiger partial charge in [0, 0.05) is 24.0 Å². The van der Waals surface area contributed by atoms with Crippen LogP contribution in [0.5, 0.6) is 0 Å². The molecular formula is C18H23ClN5O+. The highest BCUT2D eigenvalue weighted by molar-refractivity contribution is 6.30. The Bertz CT molecular complexity index is 672. The van der Waals surface area contributed by atoms with E-state index in [1.54, 1.807) is 12.4 Å². The molecule has 2 aromatic rings. The Kier molecular flexibility index (Phi) is 6.19. The quantitative estimate of drug-likeness (QED) is 0.772. The zero-order chi connectivity index (χ0) is 17.5. The third-order valence-electron chi connectivity index (χ3n) is 4.37. The van der Waals surface area contributed by atoms with Crippen molar-refractivity contribution >= 4 is 23.5 Å². The summed E-state index contributed by atoms with van der Waals surface area (Å²) in [4.78, 5) is 24.1. The monoisotopic (exact) mass is 360 g/mol. The van der Waals surface area contributed by atoms with E-state index < -0.39 is 0 Å². The van der Waals surface area contributed by atoms with Gasteiger partial charge in [-0.1, -0.05) is 23.7 Å². The zero-order valence-corrected chi connectivity index (χ0v) is 14.9. The summed E-state index contributed by atoms with van der Waals surface area (Å²) in [6, 6.07) is 9.55. The van der Waals surface area contributed by atoms with Crippen molar-refractivity contribution in [3.8, 4) is 0 Å². The molecule has 3 rings (SSSR count). The minimum Gasteiger partial charge on any atom is -0.351 e. The van der Waals surface area contributed by atoms with Crippen LogP contribution in [0.1, 0.15) is 5.56 Å². The number of nitrogens with one attached hydrogen (secondary N) is 2. The molecule has 1 fully saturated rings. The Morgan fingerprint density at radius 1 is 1.16 bits per heavy atom. The van der Waals surface area contributed by atoms with E-state index in [9.17, 15) is 4.79 Å². The Balaban J connectivity index is 1.35. The van der Waals surface area contributed by atoms with E-state index >= 15 is 0 Å². The summed E-state index contributed by atoms with van der Waals surface area (Å²) in [5.41, 5.74) is 1.17. The van der Waals surface area contributed by atoms with Crippen LogP contribution in [-0.4, -0.2) is 55.1 Å². The molecule has 1 aliphatic rings. The molecule has 0 bridgehead atoms.